The quantitative estimate of drug-likeness (QED) is 0.637. The van der Waals surface area contributed by atoms with E-state index >= 15 is 0 Å². The normalized spacial score (nSPS) is 12.4. The number of allylic oxidation sites excluding steroid dienone is 5. The Labute approximate surface area is 97.9 Å². The Kier molecular flexibility index (Phi) is 4.32. The van der Waals surface area contributed by atoms with Crippen molar-refractivity contribution in [1.82, 2.24) is 0 Å². The third-order valence-corrected chi connectivity index (χ3v) is 1.87. The number of para-hydroxylation sites is 1. The van der Waals surface area contributed by atoms with Crippen LogP contribution in [0.25, 0.3) is 0 Å². The van der Waals surface area contributed by atoms with Crippen molar-refractivity contribution in [2.24, 2.45) is 0 Å². The van der Waals surface area contributed by atoms with Crippen LogP contribution >= 0.6 is 0 Å². The first-order chi connectivity index (χ1) is 6.45. The van der Waals surface area contributed by atoms with E-state index in [0.29, 0.717) is 0 Å². The molecule has 66 valence electrons. The second-order valence-electron chi connectivity index (χ2n) is 2.87. The maximum Gasteiger partial charge on any atom is 1.00 e. The van der Waals surface area contributed by atoms with Gasteiger partial charge in [0.2, 0.25) is 0 Å². The van der Waals surface area contributed by atoms with Crippen molar-refractivity contribution >= 4 is 5.69 Å². The van der Waals surface area contributed by atoms with Gasteiger partial charge in [0.25, 0.3) is 0 Å². The Balaban J connectivity index is 0.000000980. The monoisotopic (exact) mass is 177 g/mol. The van der Waals surface area contributed by atoms with Crippen molar-refractivity contribution < 1.29 is 20.3 Å². The van der Waals surface area contributed by atoms with Crippen LogP contribution in [0.15, 0.2) is 66.4 Å². The first-order valence-electron chi connectivity index (χ1n) is 4.32. The zero-order valence-electron chi connectivity index (χ0n) is 9.27. The van der Waals surface area contributed by atoms with Gasteiger partial charge < -0.3 is 6.74 Å². The molecule has 0 heterocycles. The number of nitrogens with one attached hydrogen (secondary N) is 1. The number of hydrogen-bond donors (Lipinski definition) is 1. The van der Waals surface area contributed by atoms with Crippen LogP contribution in [0.4, 0.5) is 5.69 Å². The Hall–Kier alpha value is -1.16. The molecule has 0 spiro atoms. The molecule has 1 aromatic carbocycles. The molecule has 0 amide bonds. The van der Waals surface area contributed by atoms with E-state index in [1.807, 2.05) is 48.7 Å². The number of rotatable bonds is 2. The average Bonchev–Trinajstić information content (AvgIpc) is 2.69. The van der Waals surface area contributed by atoms with E-state index in [1.165, 1.54) is 5.57 Å². The van der Waals surface area contributed by atoms with Crippen LogP contribution in [0.1, 0.15) is 1.43 Å². The molecule has 1 N–H and O–H groups in total. The first-order valence-corrected chi connectivity index (χ1v) is 4.32. The molecule has 1 aliphatic carbocycles. The van der Waals surface area contributed by atoms with Crippen molar-refractivity contribution in [3.8, 4) is 0 Å². The summed E-state index contributed by atoms with van der Waals surface area (Å²) in [5.41, 5.74) is 2.31. The van der Waals surface area contributed by atoms with Crippen LogP contribution < -0.4 is 24.2 Å². The third kappa shape index (κ3) is 2.96. The molecule has 0 fully saturated rings. The van der Waals surface area contributed by atoms with E-state index < -0.39 is 0 Å². The second-order valence-corrected chi connectivity index (χ2v) is 2.87. The van der Waals surface area contributed by atoms with Gasteiger partial charge in [-0.05, 0) is 17.7 Å². The number of anilines is 1. The molecule has 0 saturated heterocycles. The summed E-state index contributed by atoms with van der Waals surface area (Å²) in [7, 11) is 0. The maximum atomic E-state index is 3.22. The summed E-state index contributed by atoms with van der Waals surface area (Å²) < 4.78 is 0. The van der Waals surface area contributed by atoms with Crippen LogP contribution in [0.5, 0.6) is 0 Å². The Bertz CT molecular complexity index is 354. The molecule has 2 rings (SSSR count). The molecule has 0 unspecified atom stereocenters. The van der Waals surface area contributed by atoms with Gasteiger partial charge in [0.1, 0.15) is 0 Å². The predicted octanol–water partition coefficient (Wildman–Crippen LogP) is 0.225. The van der Waals surface area contributed by atoms with Gasteiger partial charge in [0, 0.05) is 11.9 Å². The van der Waals surface area contributed by atoms with Crippen LogP contribution in [0, 0.1) is 0 Å². The fourth-order valence-electron chi connectivity index (χ4n) is 1.19. The smallest absolute Gasteiger partial charge is 1.00 e. The van der Waals surface area contributed by atoms with E-state index in [-0.39, 0.29) is 20.3 Å². The molecule has 0 aliphatic heterocycles. The van der Waals surface area contributed by atoms with Gasteiger partial charge in [-0.2, -0.15) is 0 Å². The van der Waals surface area contributed by atoms with Crippen molar-refractivity contribution in [3.05, 3.63) is 66.4 Å². The molecule has 1 aromatic rings. The fourth-order valence-corrected chi connectivity index (χ4v) is 1.19. The van der Waals surface area contributed by atoms with Gasteiger partial charge in [-0.15, -0.1) is 0 Å². The van der Waals surface area contributed by atoms with Crippen molar-refractivity contribution in [2.45, 2.75) is 0 Å². The maximum absolute atomic E-state index is 3.22. The molecule has 0 bridgehead atoms. The molecule has 0 saturated carbocycles. The largest absolute Gasteiger partial charge is 1.00 e. The van der Waals surface area contributed by atoms with E-state index in [2.05, 4.69) is 17.5 Å². The molecule has 2 heteroatoms. The van der Waals surface area contributed by atoms with E-state index in [0.717, 1.165) is 5.69 Å². The molecule has 1 aliphatic rings. The second kappa shape index (κ2) is 5.54. The third-order valence-electron chi connectivity index (χ3n) is 1.87. The van der Waals surface area contributed by atoms with Gasteiger partial charge in [-0.25, -0.2) is 0 Å². The van der Waals surface area contributed by atoms with Gasteiger partial charge >= 0.3 is 18.9 Å². The van der Waals surface area contributed by atoms with E-state index in [9.17, 15) is 0 Å². The standard InChI is InChI=1S/C12H11N.Li.H/c1-2-8-12(9-3-1)13-10-11-6-4-5-7-11;;/h1-10,13H;;/q;+1;-1. The summed E-state index contributed by atoms with van der Waals surface area (Å²) in [4.78, 5) is 0. The summed E-state index contributed by atoms with van der Waals surface area (Å²) >= 11 is 0. The molecular formula is C12H12LiN. The molecule has 0 atom stereocenters. The summed E-state index contributed by atoms with van der Waals surface area (Å²) in [6.07, 6.45) is 10.2. The Morgan fingerprint density at radius 1 is 1.00 bits per heavy atom. The summed E-state index contributed by atoms with van der Waals surface area (Å²) in [5.74, 6) is 0. The van der Waals surface area contributed by atoms with Crippen LogP contribution in [-0.4, -0.2) is 0 Å². The number of benzene rings is 1. The first kappa shape index (κ1) is 10.9. The zero-order valence-corrected chi connectivity index (χ0v) is 8.27. The molecule has 0 aromatic heterocycles. The summed E-state index contributed by atoms with van der Waals surface area (Å²) in [5, 5.41) is 3.22. The topological polar surface area (TPSA) is 12.0 Å². The van der Waals surface area contributed by atoms with Gasteiger partial charge in [-0.1, -0.05) is 42.5 Å². The van der Waals surface area contributed by atoms with Gasteiger partial charge in [0.15, 0.2) is 0 Å². The van der Waals surface area contributed by atoms with E-state index in [1.54, 1.807) is 0 Å². The van der Waals surface area contributed by atoms with Crippen LogP contribution in [0.2, 0.25) is 0 Å². The van der Waals surface area contributed by atoms with Crippen LogP contribution in [-0.2, 0) is 0 Å². The Morgan fingerprint density at radius 2 is 1.64 bits per heavy atom. The van der Waals surface area contributed by atoms with Gasteiger partial charge in [0.05, 0.1) is 0 Å². The molecule has 1 nitrogen and oxygen atoms in total. The van der Waals surface area contributed by atoms with Crippen molar-refractivity contribution in [3.63, 3.8) is 0 Å². The minimum atomic E-state index is 0. The molecular weight excluding hydrogens is 165 g/mol. The minimum Gasteiger partial charge on any atom is -1.00 e. The Morgan fingerprint density at radius 3 is 2.29 bits per heavy atom. The number of hydrogen-bond acceptors (Lipinski definition) is 1. The fraction of sp³-hybridized carbons (Fsp3) is 0. The van der Waals surface area contributed by atoms with Crippen molar-refractivity contribution in [2.75, 3.05) is 5.32 Å². The van der Waals surface area contributed by atoms with Crippen molar-refractivity contribution in [1.29, 1.82) is 0 Å². The summed E-state index contributed by atoms with van der Waals surface area (Å²) in [6, 6.07) is 10.1. The van der Waals surface area contributed by atoms with Crippen LogP contribution in [0.3, 0.4) is 0 Å². The minimum absolute atomic E-state index is 0. The van der Waals surface area contributed by atoms with Gasteiger partial charge in [-0.3, -0.25) is 0 Å². The SMILES string of the molecule is C1=CC(=CNc2ccccc2)C=C1.[H-].[Li+]. The van der Waals surface area contributed by atoms with E-state index in [4.69, 9.17) is 0 Å². The predicted molar refractivity (Wildman–Crippen MR) is 57.5 cm³/mol. The summed E-state index contributed by atoms with van der Waals surface area (Å²) in [6.45, 7) is 0. The molecule has 0 radical (unpaired) electrons. The average molecular weight is 177 g/mol. The zero-order chi connectivity index (χ0) is 8.93. The molecule has 14 heavy (non-hydrogen) atoms.